The zero-order valence-electron chi connectivity index (χ0n) is 17.1. The Balaban J connectivity index is 0. The Bertz CT molecular complexity index is 535. The number of carbonyl (C=O) groups is 1. The highest BCUT2D eigenvalue weighted by Gasteiger charge is 2.18. The van der Waals surface area contributed by atoms with Gasteiger partial charge in [-0.1, -0.05) is 12.1 Å². The molecule has 0 spiro atoms. The first-order valence-corrected chi connectivity index (χ1v) is 10.2. The van der Waals surface area contributed by atoms with Crippen molar-refractivity contribution in [2.75, 3.05) is 64.0 Å². The zero-order valence-corrected chi connectivity index (χ0v) is 21.5. The van der Waals surface area contributed by atoms with Gasteiger partial charge >= 0.3 is 0 Å². The Hall–Kier alpha value is 0.0100. The van der Waals surface area contributed by atoms with Crippen LogP contribution >= 0.6 is 23.2 Å². The number of nitrogens with one attached hydrogen (secondary N) is 1. The van der Waals surface area contributed by atoms with Gasteiger partial charge in [0.05, 0.1) is 27.7 Å². The number of hydrogen-bond acceptors (Lipinski definition) is 2. The molecule has 28 heavy (non-hydrogen) atoms. The summed E-state index contributed by atoms with van der Waals surface area (Å²) in [5, 5.41) is 2.99. The average Bonchev–Trinajstić information content (AvgIpc) is 2.58. The Labute approximate surface area is 203 Å². The second-order valence-corrected chi connectivity index (χ2v) is 8.35. The number of rotatable bonds is 12. The number of alkyl halides is 2. The number of amides is 1. The summed E-state index contributed by atoms with van der Waals surface area (Å²) in [7, 11) is 6.45. The van der Waals surface area contributed by atoms with Gasteiger partial charge in [0, 0.05) is 49.9 Å². The molecule has 1 aromatic rings. The number of carbonyl (C=O) groups excluding carboxylic acids is 1. The van der Waals surface area contributed by atoms with E-state index in [1.807, 2.05) is 12.1 Å². The van der Waals surface area contributed by atoms with Gasteiger partial charge in [0.1, 0.15) is 0 Å². The molecular weight excluding hydrogens is 537 g/mol. The summed E-state index contributed by atoms with van der Waals surface area (Å²) < 4.78 is 0.903. The molecule has 164 valence electrons. The van der Waals surface area contributed by atoms with Crippen molar-refractivity contribution < 1.29 is 51.4 Å². The van der Waals surface area contributed by atoms with Crippen LogP contribution in [0.4, 0.5) is 5.69 Å². The van der Waals surface area contributed by atoms with E-state index in [2.05, 4.69) is 49.2 Å². The third-order valence-corrected chi connectivity index (χ3v) is 4.51. The van der Waals surface area contributed by atoms with Crippen LogP contribution < -0.4 is 52.3 Å². The van der Waals surface area contributed by atoms with Crippen LogP contribution in [0.5, 0.6) is 0 Å². The van der Waals surface area contributed by atoms with Gasteiger partial charge in [-0.25, -0.2) is 0 Å². The molecule has 1 aromatic carbocycles. The SMILES string of the molecule is C[N+](C)(C)CCCNC(=O)[C@@H]([NH3+])Cc1ccc(N([13CH2][13CH2]Cl)[13CH2][13CH2]Cl)cc1.[Cl-].[I-]. The van der Waals surface area contributed by atoms with E-state index >= 15 is 0 Å². The third kappa shape index (κ3) is 12.5. The first-order chi connectivity index (χ1) is 12.3. The van der Waals surface area contributed by atoms with Crippen molar-refractivity contribution in [2.45, 2.75) is 18.9 Å². The maximum Gasteiger partial charge on any atom is 0.278 e. The molecule has 0 saturated heterocycles. The quantitative estimate of drug-likeness (QED) is 0.0872. The molecule has 5 nitrogen and oxygen atoms in total. The first-order valence-electron chi connectivity index (χ1n) is 9.14. The fraction of sp³-hybridized carbons (Fsp3) is 0.632. The predicted octanol–water partition coefficient (Wildman–Crippen LogP) is -4.66. The smallest absolute Gasteiger partial charge is 0.278 e. The van der Waals surface area contributed by atoms with Gasteiger partial charge in [-0.05, 0) is 17.7 Å². The maximum atomic E-state index is 12.2. The molecule has 9 heteroatoms. The topological polar surface area (TPSA) is 60.0 Å². The van der Waals surface area contributed by atoms with Crippen LogP contribution in [0.3, 0.4) is 0 Å². The van der Waals surface area contributed by atoms with Crippen LogP contribution in [0.1, 0.15) is 12.0 Å². The van der Waals surface area contributed by atoms with Gasteiger partial charge in [0.2, 0.25) is 0 Å². The van der Waals surface area contributed by atoms with E-state index in [0.29, 0.717) is 24.7 Å². The van der Waals surface area contributed by atoms with Gasteiger partial charge < -0.3 is 56.8 Å². The Morgan fingerprint density at radius 3 is 2.14 bits per heavy atom. The van der Waals surface area contributed by atoms with Crippen molar-refractivity contribution in [2.24, 2.45) is 0 Å². The fourth-order valence-electron chi connectivity index (χ4n) is 2.70. The van der Waals surface area contributed by atoms with Crippen LogP contribution in [-0.4, -0.2) is 75.5 Å². The molecule has 0 aromatic heterocycles. The van der Waals surface area contributed by atoms with E-state index < -0.39 is 0 Å². The number of benzene rings is 1. The lowest BCUT2D eigenvalue weighted by molar-refractivity contribution is -0.870. The van der Waals surface area contributed by atoms with Crippen LogP contribution in [0.15, 0.2) is 24.3 Å². The lowest BCUT2D eigenvalue weighted by Crippen LogP contribution is -3.00. The van der Waals surface area contributed by atoms with Crippen LogP contribution in [0.2, 0.25) is 0 Å². The molecule has 1 rings (SSSR count). The van der Waals surface area contributed by atoms with E-state index in [0.717, 1.165) is 41.8 Å². The van der Waals surface area contributed by atoms with Crippen LogP contribution in [0.25, 0.3) is 0 Å². The molecule has 0 aliphatic rings. The predicted molar refractivity (Wildman–Crippen MR) is 111 cm³/mol. The minimum Gasteiger partial charge on any atom is -1.00 e. The Kier molecular flexibility index (Phi) is 17.0. The summed E-state index contributed by atoms with van der Waals surface area (Å²) in [6, 6.07) is 7.92. The molecular formula is C19H34Cl3IN4O. The summed E-state index contributed by atoms with van der Waals surface area (Å²) in [6.45, 7) is 3.26. The summed E-state index contributed by atoms with van der Waals surface area (Å²) in [5.74, 6) is 1.14. The molecule has 1 atom stereocenters. The molecule has 0 heterocycles. The van der Waals surface area contributed by atoms with Crippen molar-refractivity contribution >= 4 is 34.8 Å². The molecule has 0 unspecified atom stereocenters. The normalized spacial score (nSPS) is 11.8. The highest BCUT2D eigenvalue weighted by Crippen LogP contribution is 2.16. The van der Waals surface area contributed by atoms with E-state index in [1.165, 1.54) is 0 Å². The largest absolute Gasteiger partial charge is 1.00 e. The van der Waals surface area contributed by atoms with Gasteiger partial charge in [-0.2, -0.15) is 0 Å². The molecule has 1 amide bonds. The number of hydrogen-bond donors (Lipinski definition) is 2. The van der Waals surface area contributed by atoms with E-state index in [1.54, 1.807) is 0 Å². The van der Waals surface area contributed by atoms with Crippen LogP contribution in [-0.2, 0) is 11.2 Å². The minimum absolute atomic E-state index is 0. The summed E-state index contributed by atoms with van der Waals surface area (Å²) in [6.07, 6.45) is 1.60. The van der Waals surface area contributed by atoms with E-state index in [-0.39, 0.29) is 48.3 Å². The molecule has 0 aliphatic heterocycles. The van der Waals surface area contributed by atoms with Crippen molar-refractivity contribution in [3.63, 3.8) is 0 Å². The summed E-state index contributed by atoms with van der Waals surface area (Å²) >= 11 is 11.7. The minimum atomic E-state index is -0.285. The van der Waals surface area contributed by atoms with Crippen molar-refractivity contribution in [1.82, 2.24) is 5.32 Å². The zero-order chi connectivity index (χ0) is 19.6. The Morgan fingerprint density at radius 2 is 1.68 bits per heavy atom. The second kappa shape index (κ2) is 15.8. The third-order valence-electron chi connectivity index (χ3n) is 4.17. The van der Waals surface area contributed by atoms with Gasteiger partial charge in [-0.15, -0.1) is 23.2 Å². The highest BCUT2D eigenvalue weighted by molar-refractivity contribution is 6.18. The van der Waals surface area contributed by atoms with Crippen LogP contribution in [0, 0.1) is 0 Å². The molecule has 0 fully saturated rings. The molecule has 0 bridgehead atoms. The van der Waals surface area contributed by atoms with Gasteiger partial charge in [-0.3, -0.25) is 4.79 Å². The number of quaternary nitrogens is 2. The summed E-state index contributed by atoms with van der Waals surface area (Å²) in [4.78, 5) is 14.4. The van der Waals surface area contributed by atoms with Crippen molar-refractivity contribution in [3.05, 3.63) is 29.8 Å². The van der Waals surface area contributed by atoms with Crippen molar-refractivity contribution in [3.8, 4) is 0 Å². The lowest BCUT2D eigenvalue weighted by atomic mass is 10.1. The van der Waals surface area contributed by atoms with E-state index in [9.17, 15) is 4.79 Å². The maximum absolute atomic E-state index is 12.2. The van der Waals surface area contributed by atoms with Crippen molar-refractivity contribution in [1.29, 1.82) is 0 Å². The Morgan fingerprint density at radius 1 is 1.14 bits per heavy atom. The monoisotopic (exact) mass is 570 g/mol. The number of halogens is 4. The second-order valence-electron chi connectivity index (χ2n) is 7.59. The molecule has 4 N–H and O–H groups in total. The molecule has 0 saturated carbocycles. The summed E-state index contributed by atoms with van der Waals surface area (Å²) in [5.41, 5.74) is 6.22. The highest BCUT2D eigenvalue weighted by atomic mass is 127. The fourth-order valence-corrected chi connectivity index (χ4v) is 3.11. The van der Waals surface area contributed by atoms with Gasteiger partial charge in [0.25, 0.3) is 5.91 Å². The van der Waals surface area contributed by atoms with Gasteiger partial charge in [0.15, 0.2) is 6.04 Å². The molecule has 0 radical (unpaired) electrons. The number of anilines is 1. The number of nitrogens with zero attached hydrogens (tertiary/aromatic N) is 2. The molecule has 0 aliphatic carbocycles. The standard InChI is InChI=1S/C19H32Cl2N4O.ClH.HI/c1-25(2,3)14-4-11-23-19(26)18(22)15-16-5-7-17(8-6-16)24(12-9-20)13-10-21;;/h5-8,18H,4,9-15,22H2,1-3H3;2*1H/t18-;;/m0../s1/i9+1,10+1,12+1,13+1;;. The average molecular weight is 572 g/mol. The first kappa shape index (κ1) is 30.2. The lowest BCUT2D eigenvalue weighted by Gasteiger charge is -2.23. The van der Waals surface area contributed by atoms with E-state index in [4.69, 9.17) is 23.2 Å².